The van der Waals surface area contributed by atoms with Gasteiger partial charge in [-0.05, 0) is 12.1 Å². The number of nitrogens with zero attached hydrogens (tertiary/aromatic N) is 4. The molecule has 2 heterocycles. The molecule has 0 aliphatic heterocycles. The van der Waals surface area contributed by atoms with Gasteiger partial charge in [0.15, 0.2) is 0 Å². The number of rotatable bonds is 3. The Balaban J connectivity index is 2.02. The highest BCUT2D eigenvalue weighted by Gasteiger charge is 1.99. The Morgan fingerprint density at radius 3 is 3.07 bits per heavy atom. The third-order valence-corrected chi connectivity index (χ3v) is 2.22. The van der Waals surface area contributed by atoms with E-state index in [1.165, 1.54) is 0 Å². The zero-order chi connectivity index (χ0) is 10.7. The Labute approximate surface area is 92.1 Å². The summed E-state index contributed by atoms with van der Waals surface area (Å²) in [6.07, 6.45) is 3.38. The molecule has 0 unspecified atom stereocenters. The molecule has 0 saturated heterocycles. The van der Waals surface area contributed by atoms with E-state index in [0.29, 0.717) is 11.7 Å². The minimum Gasteiger partial charge on any atom is -0.379 e. The molecule has 0 bridgehead atoms. The highest BCUT2D eigenvalue weighted by molar-refractivity contribution is 6.29. The smallest absolute Gasteiger partial charge is 0.131 e. The van der Waals surface area contributed by atoms with Crippen LogP contribution in [0.5, 0.6) is 0 Å². The lowest BCUT2D eigenvalue weighted by molar-refractivity contribution is 0.683. The molecular formula is C9H10ClN5. The number of hydrogen-bond donors (Lipinski definition) is 1. The van der Waals surface area contributed by atoms with E-state index in [1.54, 1.807) is 23.1 Å². The summed E-state index contributed by atoms with van der Waals surface area (Å²) in [5, 5.41) is 11.3. The molecule has 0 spiro atoms. The van der Waals surface area contributed by atoms with E-state index in [4.69, 9.17) is 11.6 Å². The second kappa shape index (κ2) is 4.27. The molecule has 6 heteroatoms. The molecule has 15 heavy (non-hydrogen) atoms. The van der Waals surface area contributed by atoms with E-state index >= 15 is 0 Å². The Hall–Kier alpha value is -1.62. The van der Waals surface area contributed by atoms with Gasteiger partial charge in [-0.1, -0.05) is 16.8 Å². The van der Waals surface area contributed by atoms with Gasteiger partial charge in [-0.25, -0.2) is 4.98 Å². The van der Waals surface area contributed by atoms with Crippen molar-refractivity contribution in [2.45, 2.75) is 6.54 Å². The van der Waals surface area contributed by atoms with Crippen LogP contribution in [0.4, 0.5) is 5.69 Å². The van der Waals surface area contributed by atoms with Crippen LogP contribution in [-0.2, 0) is 13.6 Å². The van der Waals surface area contributed by atoms with Crippen molar-refractivity contribution in [3.05, 3.63) is 35.4 Å². The van der Waals surface area contributed by atoms with Gasteiger partial charge in [0.05, 0.1) is 18.4 Å². The zero-order valence-corrected chi connectivity index (χ0v) is 8.94. The van der Waals surface area contributed by atoms with Crippen LogP contribution in [0.3, 0.4) is 0 Å². The lowest BCUT2D eigenvalue weighted by Crippen LogP contribution is -2.05. The van der Waals surface area contributed by atoms with Gasteiger partial charge in [0, 0.05) is 18.9 Å². The predicted molar refractivity (Wildman–Crippen MR) is 57.6 cm³/mol. The number of nitrogens with one attached hydrogen (secondary N) is 1. The van der Waals surface area contributed by atoms with E-state index in [-0.39, 0.29) is 0 Å². The van der Waals surface area contributed by atoms with Gasteiger partial charge in [0.2, 0.25) is 0 Å². The quantitative estimate of drug-likeness (QED) is 0.801. The standard InChI is InChI=1S/C9H10ClN5/c1-15-8(6-13-14-15)5-12-7-2-3-11-9(10)4-7/h2-4,6H,5H2,1H3,(H,11,12). The van der Waals surface area contributed by atoms with Crippen LogP contribution in [0, 0.1) is 0 Å². The molecule has 0 aliphatic carbocycles. The van der Waals surface area contributed by atoms with Crippen molar-refractivity contribution in [2.75, 3.05) is 5.32 Å². The van der Waals surface area contributed by atoms with E-state index in [2.05, 4.69) is 20.6 Å². The number of aromatic nitrogens is 4. The monoisotopic (exact) mass is 223 g/mol. The minimum absolute atomic E-state index is 0.475. The van der Waals surface area contributed by atoms with E-state index in [9.17, 15) is 0 Å². The molecule has 2 aromatic heterocycles. The van der Waals surface area contributed by atoms with Crippen LogP contribution in [0.25, 0.3) is 0 Å². The fourth-order valence-corrected chi connectivity index (χ4v) is 1.35. The lowest BCUT2D eigenvalue weighted by Gasteiger charge is -2.05. The number of halogens is 1. The molecule has 78 valence electrons. The van der Waals surface area contributed by atoms with Crippen LogP contribution in [-0.4, -0.2) is 20.0 Å². The highest BCUT2D eigenvalue weighted by atomic mass is 35.5. The lowest BCUT2D eigenvalue weighted by atomic mass is 10.4. The van der Waals surface area contributed by atoms with Crippen LogP contribution in [0.15, 0.2) is 24.5 Å². The maximum Gasteiger partial charge on any atom is 0.131 e. The Morgan fingerprint density at radius 1 is 1.53 bits per heavy atom. The first-order valence-electron chi connectivity index (χ1n) is 4.44. The van der Waals surface area contributed by atoms with Gasteiger partial charge in [0.25, 0.3) is 0 Å². The van der Waals surface area contributed by atoms with Crippen LogP contribution < -0.4 is 5.32 Å². The van der Waals surface area contributed by atoms with Crippen molar-refractivity contribution in [3.8, 4) is 0 Å². The number of hydrogen-bond acceptors (Lipinski definition) is 4. The highest BCUT2D eigenvalue weighted by Crippen LogP contribution is 2.12. The van der Waals surface area contributed by atoms with Gasteiger partial charge in [-0.2, -0.15) is 0 Å². The van der Waals surface area contributed by atoms with Gasteiger partial charge < -0.3 is 5.32 Å². The van der Waals surface area contributed by atoms with Crippen molar-refractivity contribution in [2.24, 2.45) is 7.05 Å². The normalized spacial score (nSPS) is 10.3. The molecule has 0 radical (unpaired) electrons. The Kier molecular flexibility index (Phi) is 2.82. The van der Waals surface area contributed by atoms with Crippen LogP contribution >= 0.6 is 11.6 Å². The molecular weight excluding hydrogens is 214 g/mol. The Morgan fingerprint density at radius 2 is 2.40 bits per heavy atom. The molecule has 2 rings (SSSR count). The van der Waals surface area contributed by atoms with Gasteiger partial charge >= 0.3 is 0 Å². The van der Waals surface area contributed by atoms with Crippen molar-refractivity contribution < 1.29 is 0 Å². The Bertz CT molecular complexity index is 453. The first kappa shape index (κ1) is 9.92. The van der Waals surface area contributed by atoms with Crippen molar-refractivity contribution in [1.82, 2.24) is 20.0 Å². The fourth-order valence-electron chi connectivity index (χ4n) is 1.18. The summed E-state index contributed by atoms with van der Waals surface area (Å²) in [5.74, 6) is 0. The SMILES string of the molecule is Cn1nncc1CNc1ccnc(Cl)c1. The zero-order valence-electron chi connectivity index (χ0n) is 8.18. The second-order valence-corrected chi connectivity index (χ2v) is 3.46. The molecule has 0 aromatic carbocycles. The van der Waals surface area contributed by atoms with Crippen molar-refractivity contribution in [1.29, 1.82) is 0 Å². The summed E-state index contributed by atoms with van der Waals surface area (Å²) in [7, 11) is 1.85. The molecule has 0 amide bonds. The van der Waals surface area contributed by atoms with E-state index < -0.39 is 0 Å². The van der Waals surface area contributed by atoms with Crippen molar-refractivity contribution in [3.63, 3.8) is 0 Å². The number of aryl methyl sites for hydroxylation is 1. The molecule has 0 saturated carbocycles. The van der Waals surface area contributed by atoms with Crippen LogP contribution in [0.1, 0.15) is 5.69 Å². The minimum atomic E-state index is 0.475. The van der Waals surface area contributed by atoms with Crippen LogP contribution in [0.2, 0.25) is 5.15 Å². The number of anilines is 1. The summed E-state index contributed by atoms with van der Waals surface area (Å²) >= 11 is 5.76. The van der Waals surface area contributed by atoms with Crippen molar-refractivity contribution >= 4 is 17.3 Å². The molecule has 1 N–H and O–H groups in total. The first-order valence-corrected chi connectivity index (χ1v) is 4.82. The fraction of sp³-hybridized carbons (Fsp3) is 0.222. The summed E-state index contributed by atoms with van der Waals surface area (Å²) in [4.78, 5) is 3.90. The van der Waals surface area contributed by atoms with Gasteiger partial charge in [-0.15, -0.1) is 5.10 Å². The topological polar surface area (TPSA) is 55.6 Å². The number of pyridine rings is 1. The largest absolute Gasteiger partial charge is 0.379 e. The molecule has 0 atom stereocenters. The summed E-state index contributed by atoms with van der Waals surface area (Å²) in [6, 6.07) is 3.63. The third kappa shape index (κ3) is 2.44. The second-order valence-electron chi connectivity index (χ2n) is 3.07. The molecule has 0 aliphatic rings. The average molecular weight is 224 g/mol. The average Bonchev–Trinajstić information content (AvgIpc) is 2.61. The molecule has 5 nitrogen and oxygen atoms in total. The third-order valence-electron chi connectivity index (χ3n) is 2.01. The molecule has 2 aromatic rings. The molecule has 0 fully saturated rings. The van der Waals surface area contributed by atoms with E-state index in [0.717, 1.165) is 11.4 Å². The summed E-state index contributed by atoms with van der Waals surface area (Å²) < 4.78 is 1.72. The summed E-state index contributed by atoms with van der Waals surface area (Å²) in [6.45, 7) is 0.657. The maximum absolute atomic E-state index is 5.76. The van der Waals surface area contributed by atoms with Gasteiger partial charge in [0.1, 0.15) is 5.15 Å². The van der Waals surface area contributed by atoms with E-state index in [1.807, 2.05) is 13.1 Å². The maximum atomic E-state index is 5.76. The van der Waals surface area contributed by atoms with Gasteiger partial charge in [-0.3, -0.25) is 4.68 Å². The predicted octanol–water partition coefficient (Wildman–Crippen LogP) is 1.48. The first-order chi connectivity index (χ1) is 7.25. The summed E-state index contributed by atoms with van der Waals surface area (Å²) in [5.41, 5.74) is 1.93.